The maximum atomic E-state index is 10.6. The Morgan fingerprint density at radius 1 is 1.50 bits per heavy atom. The molecule has 2 N–H and O–H groups in total. The van der Waals surface area contributed by atoms with Gasteiger partial charge in [-0.25, -0.2) is 0 Å². The van der Waals surface area contributed by atoms with E-state index in [0.717, 1.165) is 14.6 Å². The summed E-state index contributed by atoms with van der Waals surface area (Å²) in [7, 11) is 0. The van der Waals surface area contributed by atoms with Crippen molar-refractivity contribution in [3.8, 4) is 0 Å². The molecule has 6 heteroatoms. The van der Waals surface area contributed by atoms with Crippen molar-refractivity contribution in [1.29, 1.82) is 0 Å². The topological polar surface area (TPSA) is 69.2 Å². The Hall–Kier alpha value is -1.14. The van der Waals surface area contributed by atoms with E-state index in [1.165, 1.54) is 17.4 Å². The predicted molar refractivity (Wildman–Crippen MR) is 60.6 cm³/mol. The summed E-state index contributed by atoms with van der Waals surface area (Å²) < 4.78 is 1.67. The molecule has 0 unspecified atom stereocenters. The molecule has 0 saturated heterocycles. The number of halogens is 1. The molecule has 0 fully saturated rings. The van der Waals surface area contributed by atoms with Crippen LogP contribution in [0.25, 0.3) is 10.1 Å². The molecule has 0 aliphatic carbocycles. The second-order valence-electron chi connectivity index (χ2n) is 2.72. The number of nitrogens with zero attached hydrogens (tertiary/aromatic N) is 1. The van der Waals surface area contributed by atoms with Crippen LogP contribution in [-0.4, -0.2) is 4.92 Å². The minimum absolute atomic E-state index is 0.0353. The number of anilines is 1. The molecule has 0 aliphatic rings. The van der Waals surface area contributed by atoms with Gasteiger partial charge in [0.25, 0.3) is 5.69 Å². The zero-order valence-electron chi connectivity index (χ0n) is 6.86. The van der Waals surface area contributed by atoms with Crippen molar-refractivity contribution in [2.75, 3.05) is 5.73 Å². The van der Waals surface area contributed by atoms with Gasteiger partial charge in [0.05, 0.1) is 9.62 Å². The molecule has 4 nitrogen and oxygen atoms in total. The van der Waals surface area contributed by atoms with Crippen LogP contribution in [0, 0.1) is 10.1 Å². The first-order chi connectivity index (χ1) is 6.61. The highest BCUT2D eigenvalue weighted by molar-refractivity contribution is 9.10. The molecule has 0 radical (unpaired) electrons. The number of nitro benzene ring substituents is 1. The minimum atomic E-state index is -0.470. The van der Waals surface area contributed by atoms with E-state index in [1.807, 2.05) is 5.38 Å². The van der Waals surface area contributed by atoms with Gasteiger partial charge in [-0.05, 0) is 22.0 Å². The van der Waals surface area contributed by atoms with E-state index in [0.29, 0.717) is 0 Å². The summed E-state index contributed by atoms with van der Waals surface area (Å²) in [6, 6.07) is 3.12. The molecule has 2 rings (SSSR count). The number of rotatable bonds is 1. The maximum Gasteiger partial charge on any atom is 0.293 e. The molecule has 1 aromatic heterocycles. The molecular formula is C8H5BrN2O2S. The van der Waals surface area contributed by atoms with Crippen LogP contribution in [0.3, 0.4) is 0 Å². The Morgan fingerprint density at radius 3 is 2.86 bits per heavy atom. The highest BCUT2D eigenvalue weighted by Gasteiger charge is 2.15. The Labute approximate surface area is 91.6 Å². The third-order valence-electron chi connectivity index (χ3n) is 1.91. The van der Waals surface area contributed by atoms with Gasteiger partial charge in [-0.1, -0.05) is 0 Å². The molecule has 1 heterocycles. The number of nitrogens with two attached hydrogens (primary N) is 1. The van der Waals surface area contributed by atoms with Crippen molar-refractivity contribution in [1.82, 2.24) is 0 Å². The van der Waals surface area contributed by atoms with Crippen LogP contribution in [0.1, 0.15) is 0 Å². The molecule has 0 amide bonds. The molecule has 2 aromatic rings. The van der Waals surface area contributed by atoms with Crippen molar-refractivity contribution in [3.63, 3.8) is 0 Å². The van der Waals surface area contributed by atoms with Gasteiger partial charge in [-0.15, -0.1) is 11.3 Å². The number of nitro groups is 1. The zero-order valence-corrected chi connectivity index (χ0v) is 9.26. The molecule has 0 atom stereocenters. The van der Waals surface area contributed by atoms with Crippen LogP contribution in [0.15, 0.2) is 22.0 Å². The van der Waals surface area contributed by atoms with Gasteiger partial charge in [0.2, 0.25) is 0 Å². The largest absolute Gasteiger partial charge is 0.392 e. The Balaban J connectivity index is 2.82. The van der Waals surface area contributed by atoms with E-state index in [9.17, 15) is 10.1 Å². The smallest absolute Gasteiger partial charge is 0.293 e. The summed E-state index contributed by atoms with van der Waals surface area (Å²) in [5.74, 6) is 0. The van der Waals surface area contributed by atoms with Crippen LogP contribution >= 0.6 is 27.3 Å². The standard InChI is InChI=1S/C8H5BrN2O2S/c9-5-3-14-8-4(5)1-2-6(7(8)10)11(12)13/h1-3H,10H2. The van der Waals surface area contributed by atoms with Gasteiger partial charge in [0.15, 0.2) is 0 Å². The lowest BCUT2D eigenvalue weighted by Gasteiger charge is -1.97. The van der Waals surface area contributed by atoms with Crippen LogP contribution in [0.4, 0.5) is 11.4 Å². The Morgan fingerprint density at radius 2 is 2.21 bits per heavy atom. The average Bonchev–Trinajstić information content (AvgIpc) is 2.49. The van der Waals surface area contributed by atoms with E-state index in [1.54, 1.807) is 6.07 Å². The highest BCUT2D eigenvalue weighted by Crippen LogP contribution is 2.38. The number of hydrogen-bond acceptors (Lipinski definition) is 4. The van der Waals surface area contributed by atoms with Gasteiger partial charge < -0.3 is 5.73 Å². The number of nitrogen functional groups attached to an aromatic ring is 1. The third-order valence-corrected chi connectivity index (χ3v) is 3.90. The quantitative estimate of drug-likeness (QED) is 0.493. The number of benzene rings is 1. The first-order valence-electron chi connectivity index (χ1n) is 3.71. The zero-order chi connectivity index (χ0) is 10.3. The summed E-state index contributed by atoms with van der Waals surface area (Å²) in [5.41, 5.74) is 5.88. The second kappa shape index (κ2) is 3.21. The summed E-state index contributed by atoms with van der Waals surface area (Å²) in [6.07, 6.45) is 0. The van der Waals surface area contributed by atoms with Crippen LogP contribution < -0.4 is 5.73 Å². The molecule has 0 spiro atoms. The average molecular weight is 273 g/mol. The SMILES string of the molecule is Nc1c([N+](=O)[O-])ccc2c(Br)csc12. The summed E-state index contributed by atoms with van der Waals surface area (Å²) in [5, 5.41) is 13.4. The van der Waals surface area contributed by atoms with Crippen molar-refractivity contribution < 1.29 is 4.92 Å². The fourth-order valence-corrected chi connectivity index (χ4v) is 2.86. The van der Waals surface area contributed by atoms with Gasteiger partial charge >= 0.3 is 0 Å². The van der Waals surface area contributed by atoms with E-state index in [4.69, 9.17) is 5.73 Å². The van der Waals surface area contributed by atoms with E-state index < -0.39 is 4.92 Å². The second-order valence-corrected chi connectivity index (χ2v) is 4.45. The summed E-state index contributed by atoms with van der Waals surface area (Å²) in [4.78, 5) is 10.1. The molecule has 0 aliphatic heterocycles. The Kier molecular flexibility index (Phi) is 2.16. The Bertz CT molecular complexity index is 523. The van der Waals surface area contributed by atoms with Crippen molar-refractivity contribution in [2.45, 2.75) is 0 Å². The first-order valence-corrected chi connectivity index (χ1v) is 5.38. The molecule has 72 valence electrons. The van der Waals surface area contributed by atoms with Crippen molar-refractivity contribution in [3.05, 3.63) is 32.1 Å². The van der Waals surface area contributed by atoms with Crippen molar-refractivity contribution >= 4 is 48.7 Å². The normalized spacial score (nSPS) is 10.6. The fourth-order valence-electron chi connectivity index (χ4n) is 1.24. The van der Waals surface area contributed by atoms with Crippen LogP contribution in [-0.2, 0) is 0 Å². The van der Waals surface area contributed by atoms with Gasteiger partial charge in [0.1, 0.15) is 5.69 Å². The van der Waals surface area contributed by atoms with Gasteiger partial charge in [0, 0.05) is 21.3 Å². The van der Waals surface area contributed by atoms with Crippen LogP contribution in [0.2, 0.25) is 0 Å². The monoisotopic (exact) mass is 272 g/mol. The summed E-state index contributed by atoms with van der Waals surface area (Å²) >= 11 is 4.74. The number of thiophene rings is 1. The molecule has 1 aromatic carbocycles. The first kappa shape index (κ1) is 9.42. The van der Waals surface area contributed by atoms with Gasteiger partial charge in [-0.3, -0.25) is 10.1 Å². The lowest BCUT2D eigenvalue weighted by molar-refractivity contribution is -0.383. The highest BCUT2D eigenvalue weighted by atomic mass is 79.9. The molecule has 0 bridgehead atoms. The van der Waals surface area contributed by atoms with E-state index in [2.05, 4.69) is 15.9 Å². The third kappa shape index (κ3) is 1.27. The van der Waals surface area contributed by atoms with E-state index >= 15 is 0 Å². The minimum Gasteiger partial charge on any atom is -0.392 e. The molecule has 14 heavy (non-hydrogen) atoms. The van der Waals surface area contributed by atoms with Crippen molar-refractivity contribution in [2.24, 2.45) is 0 Å². The van der Waals surface area contributed by atoms with Crippen LogP contribution in [0.5, 0.6) is 0 Å². The number of fused-ring (bicyclic) bond motifs is 1. The lowest BCUT2D eigenvalue weighted by Crippen LogP contribution is -1.94. The predicted octanol–water partition coefficient (Wildman–Crippen LogP) is 3.15. The molecule has 0 saturated carbocycles. The summed E-state index contributed by atoms with van der Waals surface area (Å²) in [6.45, 7) is 0. The molecular weight excluding hydrogens is 268 g/mol. The number of hydrogen-bond donors (Lipinski definition) is 1. The lowest BCUT2D eigenvalue weighted by atomic mass is 10.2. The van der Waals surface area contributed by atoms with Gasteiger partial charge in [-0.2, -0.15) is 0 Å². The maximum absolute atomic E-state index is 10.6. The van der Waals surface area contributed by atoms with E-state index in [-0.39, 0.29) is 11.4 Å². The fraction of sp³-hybridized carbons (Fsp3) is 0.